The van der Waals surface area contributed by atoms with Gasteiger partial charge in [0.15, 0.2) is 5.66 Å². The molecule has 2 N–H and O–H groups in total. The highest BCUT2D eigenvalue weighted by molar-refractivity contribution is 5.77. The second-order valence-electron chi connectivity index (χ2n) is 6.25. The van der Waals surface area contributed by atoms with E-state index in [1.807, 2.05) is 30.3 Å². The third-order valence-electron chi connectivity index (χ3n) is 4.02. The van der Waals surface area contributed by atoms with Gasteiger partial charge in [-0.15, -0.1) is 12.3 Å². The zero-order valence-corrected chi connectivity index (χ0v) is 14.6. The van der Waals surface area contributed by atoms with E-state index in [4.69, 9.17) is 16.3 Å². The maximum atomic E-state index is 12.1. The van der Waals surface area contributed by atoms with Gasteiger partial charge in [-0.2, -0.15) is 10.2 Å². The molecule has 0 unspecified atom stereocenters. The van der Waals surface area contributed by atoms with Crippen LogP contribution in [-0.2, 0) is 20.9 Å². The van der Waals surface area contributed by atoms with Crippen LogP contribution in [0.2, 0.25) is 0 Å². The summed E-state index contributed by atoms with van der Waals surface area (Å²) in [6.07, 6.45) is 6.93. The highest BCUT2D eigenvalue weighted by atomic mass is 16.5. The average molecular weight is 357 g/mol. The lowest BCUT2D eigenvalue weighted by atomic mass is 10.0. The zero-order valence-electron chi connectivity index (χ0n) is 14.6. The van der Waals surface area contributed by atoms with Crippen molar-refractivity contribution in [2.24, 2.45) is 10.2 Å². The third kappa shape index (κ3) is 7.03. The van der Waals surface area contributed by atoms with Crippen molar-refractivity contribution in [2.75, 3.05) is 6.61 Å². The molecule has 1 aromatic rings. The minimum atomic E-state index is -0.990. The van der Waals surface area contributed by atoms with Gasteiger partial charge in [-0.05, 0) is 5.56 Å². The molecule has 7 nitrogen and oxygen atoms in total. The van der Waals surface area contributed by atoms with Crippen LogP contribution in [0.1, 0.15) is 37.7 Å². The van der Waals surface area contributed by atoms with Gasteiger partial charge < -0.3 is 15.2 Å². The fraction of sp³-hybridized carbons (Fsp3) is 0.474. The minimum absolute atomic E-state index is 0.129. The number of carboxylic acids is 1. The summed E-state index contributed by atoms with van der Waals surface area (Å²) in [6.45, 7) is 0.490. The molecule has 1 aliphatic rings. The van der Waals surface area contributed by atoms with E-state index in [1.54, 1.807) is 0 Å². The number of hydrogen-bond donors (Lipinski definition) is 2. The van der Waals surface area contributed by atoms with Crippen LogP contribution >= 0.6 is 0 Å². The number of benzene rings is 1. The molecule has 0 aromatic heterocycles. The molecule has 1 amide bonds. The Kier molecular flexibility index (Phi) is 7.30. The van der Waals surface area contributed by atoms with Crippen LogP contribution in [0.5, 0.6) is 0 Å². The molecule has 0 spiro atoms. The molecular formula is C19H23N3O4. The van der Waals surface area contributed by atoms with E-state index in [0.29, 0.717) is 25.9 Å². The van der Waals surface area contributed by atoms with Crippen LogP contribution in [0.3, 0.4) is 0 Å². The number of nitrogens with zero attached hydrogens (tertiary/aromatic N) is 2. The van der Waals surface area contributed by atoms with Crippen molar-refractivity contribution in [1.82, 2.24) is 5.32 Å². The molecule has 1 aliphatic heterocycles. The van der Waals surface area contributed by atoms with E-state index in [-0.39, 0.29) is 25.4 Å². The van der Waals surface area contributed by atoms with Crippen molar-refractivity contribution in [2.45, 2.75) is 50.4 Å². The SMILES string of the molecule is C#CCCC1(CCC(=O)N[C@@H](COCc2ccccc2)CC(=O)O)N=N1. The Morgan fingerprint density at radius 1 is 1.27 bits per heavy atom. The van der Waals surface area contributed by atoms with Gasteiger partial charge in [0.05, 0.1) is 25.7 Å². The molecule has 1 aromatic carbocycles. The Hall–Kier alpha value is -2.72. The summed E-state index contributed by atoms with van der Waals surface area (Å²) in [5.74, 6) is 1.31. The number of rotatable bonds is 12. The fourth-order valence-corrected chi connectivity index (χ4v) is 2.54. The van der Waals surface area contributed by atoms with Crippen LogP contribution in [0, 0.1) is 12.3 Å². The zero-order chi connectivity index (χ0) is 18.8. The van der Waals surface area contributed by atoms with Crippen molar-refractivity contribution in [3.8, 4) is 12.3 Å². The lowest BCUT2D eigenvalue weighted by molar-refractivity contribution is -0.138. The predicted molar refractivity (Wildman–Crippen MR) is 95.2 cm³/mol. The van der Waals surface area contributed by atoms with E-state index < -0.39 is 17.7 Å². The predicted octanol–water partition coefficient (Wildman–Crippen LogP) is 2.52. The van der Waals surface area contributed by atoms with Gasteiger partial charge in [0, 0.05) is 25.7 Å². The standard InChI is InChI=1S/C19H23N3O4/c1-2-3-10-19(21-22-19)11-9-17(23)20-16(12-18(24)25)14-26-13-15-7-5-4-6-8-15/h1,4-8,16H,3,9-14H2,(H,20,23)(H,24,25)/t16-/m1/s1. The quantitative estimate of drug-likeness (QED) is 0.561. The van der Waals surface area contributed by atoms with Gasteiger partial charge in [0.1, 0.15) is 0 Å². The summed E-state index contributed by atoms with van der Waals surface area (Å²) in [4.78, 5) is 23.1. The Morgan fingerprint density at radius 3 is 2.62 bits per heavy atom. The molecule has 0 saturated heterocycles. The molecule has 0 radical (unpaired) electrons. The molecule has 1 atom stereocenters. The first kappa shape index (κ1) is 19.6. The van der Waals surface area contributed by atoms with Crippen LogP contribution in [0.15, 0.2) is 40.6 Å². The average Bonchev–Trinajstić information content (AvgIpc) is 3.39. The Balaban J connectivity index is 1.74. The van der Waals surface area contributed by atoms with Crippen molar-refractivity contribution in [3.05, 3.63) is 35.9 Å². The third-order valence-corrected chi connectivity index (χ3v) is 4.02. The van der Waals surface area contributed by atoms with E-state index in [2.05, 4.69) is 21.5 Å². The van der Waals surface area contributed by atoms with Crippen LogP contribution in [0.4, 0.5) is 0 Å². The maximum absolute atomic E-state index is 12.1. The summed E-state index contributed by atoms with van der Waals surface area (Å²) < 4.78 is 5.56. The van der Waals surface area contributed by atoms with Crippen molar-refractivity contribution in [3.63, 3.8) is 0 Å². The topological polar surface area (TPSA) is 100 Å². The molecule has 26 heavy (non-hydrogen) atoms. The number of terminal acetylenes is 1. The summed E-state index contributed by atoms with van der Waals surface area (Å²) in [7, 11) is 0. The summed E-state index contributed by atoms with van der Waals surface area (Å²) in [5.41, 5.74) is 0.468. The number of hydrogen-bond acceptors (Lipinski definition) is 5. The fourth-order valence-electron chi connectivity index (χ4n) is 2.54. The molecule has 0 saturated carbocycles. The second kappa shape index (κ2) is 9.68. The van der Waals surface area contributed by atoms with E-state index in [1.165, 1.54) is 0 Å². The molecule has 0 fully saturated rings. The van der Waals surface area contributed by atoms with Crippen LogP contribution < -0.4 is 5.32 Å². The number of aliphatic carboxylic acids is 1. The minimum Gasteiger partial charge on any atom is -0.481 e. The monoisotopic (exact) mass is 357 g/mol. The molecule has 7 heteroatoms. The Morgan fingerprint density at radius 2 is 2.00 bits per heavy atom. The van der Waals surface area contributed by atoms with Gasteiger partial charge >= 0.3 is 5.97 Å². The molecule has 0 aliphatic carbocycles. The lowest BCUT2D eigenvalue weighted by Gasteiger charge is -2.18. The highest BCUT2D eigenvalue weighted by Crippen LogP contribution is 2.37. The smallest absolute Gasteiger partial charge is 0.305 e. The highest BCUT2D eigenvalue weighted by Gasteiger charge is 2.39. The molecule has 1 heterocycles. The van der Waals surface area contributed by atoms with Crippen LogP contribution in [0.25, 0.3) is 0 Å². The molecular weight excluding hydrogens is 334 g/mol. The first-order valence-electron chi connectivity index (χ1n) is 8.53. The normalized spacial score (nSPS) is 15.0. The largest absolute Gasteiger partial charge is 0.481 e. The van der Waals surface area contributed by atoms with Gasteiger partial charge in [-0.3, -0.25) is 9.59 Å². The van der Waals surface area contributed by atoms with Crippen molar-refractivity contribution >= 4 is 11.9 Å². The lowest BCUT2D eigenvalue weighted by Crippen LogP contribution is -2.40. The van der Waals surface area contributed by atoms with Crippen molar-refractivity contribution in [1.29, 1.82) is 0 Å². The molecule has 2 rings (SSSR count). The second-order valence-corrected chi connectivity index (χ2v) is 6.25. The number of carbonyl (C=O) groups excluding carboxylic acids is 1. The number of amides is 1. The maximum Gasteiger partial charge on any atom is 0.305 e. The molecule has 138 valence electrons. The number of carboxylic acid groups (broad SMARTS) is 1. The van der Waals surface area contributed by atoms with Gasteiger partial charge in [-0.25, -0.2) is 0 Å². The van der Waals surface area contributed by atoms with E-state index in [0.717, 1.165) is 5.56 Å². The number of carbonyl (C=O) groups is 2. The summed E-state index contributed by atoms with van der Waals surface area (Å²) in [5, 5.41) is 19.7. The van der Waals surface area contributed by atoms with Gasteiger partial charge in [0.25, 0.3) is 0 Å². The first-order valence-corrected chi connectivity index (χ1v) is 8.53. The van der Waals surface area contributed by atoms with Gasteiger partial charge in [0.2, 0.25) is 5.91 Å². The first-order chi connectivity index (χ1) is 12.5. The van der Waals surface area contributed by atoms with E-state index >= 15 is 0 Å². The van der Waals surface area contributed by atoms with E-state index in [9.17, 15) is 9.59 Å². The number of nitrogens with one attached hydrogen (secondary N) is 1. The summed E-state index contributed by atoms with van der Waals surface area (Å²) >= 11 is 0. The Bertz CT molecular complexity index is 676. The molecule has 0 bridgehead atoms. The summed E-state index contributed by atoms with van der Waals surface area (Å²) in [6, 6.07) is 8.97. The van der Waals surface area contributed by atoms with Crippen molar-refractivity contribution < 1.29 is 19.4 Å². The Labute approximate surface area is 152 Å². The van der Waals surface area contributed by atoms with Gasteiger partial charge in [-0.1, -0.05) is 30.3 Å². The van der Waals surface area contributed by atoms with Crippen LogP contribution in [-0.4, -0.2) is 35.3 Å². The number of ether oxygens (including phenoxy) is 1.